The van der Waals surface area contributed by atoms with E-state index < -0.39 is 6.03 Å². The summed E-state index contributed by atoms with van der Waals surface area (Å²) in [5.41, 5.74) is 3.05. The van der Waals surface area contributed by atoms with Crippen LogP contribution in [0.2, 0.25) is 0 Å². The molecule has 0 bridgehead atoms. The summed E-state index contributed by atoms with van der Waals surface area (Å²) in [6.45, 7) is 5.68. The summed E-state index contributed by atoms with van der Waals surface area (Å²) in [7, 11) is 3.64. The van der Waals surface area contributed by atoms with Crippen LogP contribution in [0.3, 0.4) is 0 Å². The lowest BCUT2D eigenvalue weighted by atomic mass is 10.0. The second-order valence-electron chi connectivity index (χ2n) is 10.7. The summed E-state index contributed by atoms with van der Waals surface area (Å²) in [6, 6.07) is 21.9. The molecule has 0 saturated carbocycles. The lowest BCUT2D eigenvalue weighted by molar-refractivity contribution is -0.134. The zero-order chi connectivity index (χ0) is 29.4. The maximum Gasteiger partial charge on any atom is 0.323 e. The number of rotatable bonds is 9. The van der Waals surface area contributed by atoms with Gasteiger partial charge in [-0.15, -0.1) is 0 Å². The molecule has 0 aromatic heterocycles. The van der Waals surface area contributed by atoms with Crippen molar-refractivity contribution in [3.8, 4) is 11.5 Å². The van der Waals surface area contributed by atoms with E-state index in [1.54, 1.807) is 48.4 Å². The predicted octanol–water partition coefficient (Wildman–Crippen LogP) is 4.62. The van der Waals surface area contributed by atoms with Crippen molar-refractivity contribution in [2.45, 2.75) is 39.0 Å². The highest BCUT2D eigenvalue weighted by atomic mass is 16.5. The van der Waals surface area contributed by atoms with Gasteiger partial charge in [-0.3, -0.25) is 9.69 Å². The molecule has 3 N–H and O–H groups in total. The third-order valence-corrected chi connectivity index (χ3v) is 7.31. The molecule has 0 saturated heterocycles. The van der Waals surface area contributed by atoms with Crippen LogP contribution in [0.5, 0.6) is 11.5 Å². The van der Waals surface area contributed by atoms with E-state index in [0.717, 1.165) is 6.54 Å². The van der Waals surface area contributed by atoms with Crippen molar-refractivity contribution in [3.05, 3.63) is 83.9 Å². The van der Waals surface area contributed by atoms with Crippen molar-refractivity contribution in [2.75, 3.05) is 44.5 Å². The Morgan fingerprint density at radius 1 is 1.10 bits per heavy atom. The van der Waals surface area contributed by atoms with E-state index in [1.165, 1.54) is 5.56 Å². The SMILES string of the molecule is COc1ccc(NC(=O)Nc2ccc3c(c2)CC(=O)N([C@@H](C)CO)C[C@H](C)[C@H](CN(C)Cc2ccccc2)O3)cc1. The highest BCUT2D eigenvalue weighted by Gasteiger charge is 2.31. The fraction of sp³-hybridized carbons (Fsp3) is 0.375. The Bertz CT molecular complexity index is 1300. The number of urea groups is 1. The lowest BCUT2D eigenvalue weighted by Crippen LogP contribution is -2.47. The largest absolute Gasteiger partial charge is 0.497 e. The van der Waals surface area contributed by atoms with Crippen molar-refractivity contribution in [1.82, 2.24) is 9.80 Å². The zero-order valence-corrected chi connectivity index (χ0v) is 24.2. The van der Waals surface area contributed by atoms with Crippen LogP contribution in [0, 0.1) is 5.92 Å². The van der Waals surface area contributed by atoms with E-state index in [4.69, 9.17) is 9.47 Å². The first kappa shape index (κ1) is 29.9. The summed E-state index contributed by atoms with van der Waals surface area (Å²) < 4.78 is 11.8. The molecule has 3 amide bonds. The minimum Gasteiger partial charge on any atom is -0.497 e. The average molecular weight is 561 g/mol. The molecular formula is C32H40N4O5. The van der Waals surface area contributed by atoms with Crippen LogP contribution < -0.4 is 20.1 Å². The summed E-state index contributed by atoms with van der Waals surface area (Å²) in [5.74, 6) is 1.22. The molecule has 41 heavy (non-hydrogen) atoms. The Balaban J connectivity index is 1.54. The first-order valence-electron chi connectivity index (χ1n) is 13.9. The van der Waals surface area contributed by atoms with Gasteiger partial charge in [0.1, 0.15) is 17.6 Å². The van der Waals surface area contributed by atoms with Crippen LogP contribution in [-0.2, 0) is 17.8 Å². The standard InChI is InChI=1S/C32H40N4O5/c1-22-18-36(23(2)21-37)31(38)17-25-16-27(34-32(39)33-26-10-13-28(40-4)14-11-26)12-15-29(25)41-30(22)20-35(3)19-24-8-6-5-7-9-24/h5-16,22-23,30,37H,17-21H2,1-4H3,(H2,33,34,39)/t22-,23-,30-/m0/s1. The Morgan fingerprint density at radius 2 is 1.78 bits per heavy atom. The quantitative estimate of drug-likeness (QED) is 0.353. The van der Waals surface area contributed by atoms with E-state index >= 15 is 0 Å². The van der Waals surface area contributed by atoms with E-state index in [-0.39, 0.29) is 37.0 Å². The Morgan fingerprint density at radius 3 is 2.46 bits per heavy atom. The van der Waals surface area contributed by atoms with E-state index in [0.29, 0.717) is 41.5 Å². The van der Waals surface area contributed by atoms with Crippen LogP contribution in [0.25, 0.3) is 0 Å². The second-order valence-corrected chi connectivity index (χ2v) is 10.7. The Labute approximate surface area is 242 Å². The number of nitrogens with zero attached hydrogens (tertiary/aromatic N) is 2. The number of amides is 3. The maximum absolute atomic E-state index is 13.5. The van der Waals surface area contributed by atoms with Gasteiger partial charge in [-0.2, -0.15) is 0 Å². The molecule has 0 radical (unpaired) electrons. The average Bonchev–Trinajstić information content (AvgIpc) is 3.01. The number of ether oxygens (including phenoxy) is 2. The molecule has 9 heteroatoms. The van der Waals surface area contributed by atoms with E-state index in [9.17, 15) is 14.7 Å². The molecule has 0 spiro atoms. The number of aliphatic hydroxyl groups excluding tert-OH is 1. The number of fused-ring (bicyclic) bond motifs is 1. The summed E-state index contributed by atoms with van der Waals surface area (Å²) in [5, 5.41) is 15.5. The molecule has 1 heterocycles. The number of likely N-dealkylation sites (N-methyl/N-ethyl adjacent to an activating group) is 1. The van der Waals surface area contributed by atoms with Crippen LogP contribution >= 0.6 is 0 Å². The lowest BCUT2D eigenvalue weighted by Gasteiger charge is -2.34. The zero-order valence-electron chi connectivity index (χ0n) is 24.2. The molecular weight excluding hydrogens is 520 g/mol. The van der Waals surface area contributed by atoms with Crippen molar-refractivity contribution in [3.63, 3.8) is 0 Å². The van der Waals surface area contributed by atoms with E-state index in [1.807, 2.05) is 31.2 Å². The Kier molecular flexibility index (Phi) is 10.2. The molecule has 1 aliphatic rings. The van der Waals surface area contributed by atoms with Gasteiger partial charge in [0.25, 0.3) is 0 Å². The fourth-order valence-electron chi connectivity index (χ4n) is 4.96. The van der Waals surface area contributed by atoms with Gasteiger partial charge >= 0.3 is 6.03 Å². The van der Waals surface area contributed by atoms with E-state index in [2.05, 4.69) is 41.6 Å². The van der Waals surface area contributed by atoms with Crippen LogP contribution in [0.1, 0.15) is 25.0 Å². The van der Waals surface area contributed by atoms with Gasteiger partial charge in [-0.05, 0) is 62.0 Å². The third-order valence-electron chi connectivity index (χ3n) is 7.31. The molecule has 1 aliphatic heterocycles. The molecule has 3 aromatic carbocycles. The van der Waals surface area contributed by atoms with Crippen LogP contribution in [0.4, 0.5) is 16.2 Å². The number of hydrogen-bond acceptors (Lipinski definition) is 6. The van der Waals surface area contributed by atoms with Crippen molar-refractivity contribution in [2.24, 2.45) is 5.92 Å². The number of anilines is 2. The highest BCUT2D eigenvalue weighted by molar-refractivity contribution is 6.00. The normalized spacial score (nSPS) is 17.9. The monoisotopic (exact) mass is 560 g/mol. The van der Waals surface area contributed by atoms with Gasteiger partial charge < -0.3 is 30.1 Å². The maximum atomic E-state index is 13.5. The molecule has 0 unspecified atom stereocenters. The summed E-state index contributed by atoms with van der Waals surface area (Å²) in [4.78, 5) is 30.1. The minimum atomic E-state index is -0.407. The van der Waals surface area contributed by atoms with Gasteiger partial charge in [0.15, 0.2) is 0 Å². The first-order valence-corrected chi connectivity index (χ1v) is 13.9. The summed E-state index contributed by atoms with van der Waals surface area (Å²) in [6.07, 6.45) is -0.117. The second kappa shape index (κ2) is 14.0. The summed E-state index contributed by atoms with van der Waals surface area (Å²) >= 11 is 0. The van der Waals surface area contributed by atoms with Crippen molar-refractivity contribution >= 4 is 23.3 Å². The van der Waals surface area contributed by atoms with Crippen molar-refractivity contribution in [1.29, 1.82) is 0 Å². The molecule has 0 fully saturated rings. The number of carbonyl (C=O) groups excluding carboxylic acids is 2. The van der Waals surface area contributed by atoms with Crippen molar-refractivity contribution < 1.29 is 24.2 Å². The topological polar surface area (TPSA) is 103 Å². The molecule has 4 rings (SSSR count). The molecule has 0 aliphatic carbocycles. The molecule has 218 valence electrons. The van der Waals surface area contributed by atoms with Gasteiger partial charge in [-0.25, -0.2) is 4.79 Å². The number of aliphatic hydroxyl groups is 1. The minimum absolute atomic E-state index is 0.00481. The third kappa shape index (κ3) is 8.22. The van der Waals surface area contributed by atoms with Crippen LogP contribution in [0.15, 0.2) is 72.8 Å². The number of methoxy groups -OCH3 is 1. The Hall–Kier alpha value is -4.08. The number of hydrogen-bond donors (Lipinski definition) is 3. The molecule has 9 nitrogen and oxygen atoms in total. The number of nitrogens with one attached hydrogen (secondary N) is 2. The highest BCUT2D eigenvalue weighted by Crippen LogP contribution is 2.29. The van der Waals surface area contributed by atoms with Gasteiger partial charge in [0, 0.05) is 42.5 Å². The number of benzene rings is 3. The van der Waals surface area contributed by atoms with Gasteiger partial charge in [-0.1, -0.05) is 37.3 Å². The predicted molar refractivity (Wildman–Crippen MR) is 160 cm³/mol. The number of carbonyl (C=O) groups is 2. The van der Waals surface area contributed by atoms with Gasteiger partial charge in [0.05, 0.1) is 26.2 Å². The molecule has 3 aromatic rings. The first-order chi connectivity index (χ1) is 19.7. The van der Waals surface area contributed by atoms with Crippen LogP contribution in [-0.4, -0.2) is 72.8 Å². The fourth-order valence-corrected chi connectivity index (χ4v) is 4.96. The molecule has 3 atom stereocenters. The van der Waals surface area contributed by atoms with Gasteiger partial charge in [0.2, 0.25) is 5.91 Å². The smallest absolute Gasteiger partial charge is 0.323 e.